The van der Waals surface area contributed by atoms with Gasteiger partial charge in [0, 0.05) is 18.0 Å². The van der Waals surface area contributed by atoms with Crippen molar-refractivity contribution in [2.45, 2.75) is 25.3 Å². The summed E-state index contributed by atoms with van der Waals surface area (Å²) in [5, 5.41) is 0. The van der Waals surface area contributed by atoms with Crippen LogP contribution in [-0.2, 0) is 6.54 Å². The summed E-state index contributed by atoms with van der Waals surface area (Å²) in [6, 6.07) is 5.62. The number of halogens is 1. The van der Waals surface area contributed by atoms with Crippen LogP contribution in [0, 0.1) is 5.82 Å². The third-order valence-electron chi connectivity index (χ3n) is 3.04. The van der Waals surface area contributed by atoms with Gasteiger partial charge in [0.2, 0.25) is 0 Å². The van der Waals surface area contributed by atoms with Gasteiger partial charge in [-0.05, 0) is 30.4 Å². The topological polar surface area (TPSA) is 17.8 Å². The van der Waals surface area contributed by atoms with Gasteiger partial charge in [0.25, 0.3) is 0 Å². The lowest BCUT2D eigenvalue weighted by atomic mass is 10.1. The highest BCUT2D eigenvalue weighted by molar-refractivity contribution is 5.29. The van der Waals surface area contributed by atoms with Crippen molar-refractivity contribution < 1.29 is 4.39 Å². The summed E-state index contributed by atoms with van der Waals surface area (Å²) in [5.41, 5.74) is 1.87. The number of rotatable bonds is 3. The van der Waals surface area contributed by atoms with E-state index in [-0.39, 0.29) is 5.82 Å². The van der Waals surface area contributed by atoms with E-state index in [9.17, 15) is 4.39 Å². The highest BCUT2D eigenvalue weighted by Crippen LogP contribution is 2.40. The summed E-state index contributed by atoms with van der Waals surface area (Å²) in [7, 11) is 0. The summed E-state index contributed by atoms with van der Waals surface area (Å²) >= 11 is 0. The van der Waals surface area contributed by atoms with Crippen molar-refractivity contribution in [3.05, 3.63) is 53.9 Å². The normalized spacial score (nSPS) is 15.3. The van der Waals surface area contributed by atoms with Crippen LogP contribution in [0.4, 0.5) is 4.39 Å². The van der Waals surface area contributed by atoms with Gasteiger partial charge in [-0.15, -0.1) is 0 Å². The van der Waals surface area contributed by atoms with E-state index in [0.717, 1.165) is 11.1 Å². The minimum Gasteiger partial charge on any atom is -0.333 e. The smallest absolute Gasteiger partial charge is 0.128 e. The first kappa shape index (κ1) is 9.58. The number of imidazole rings is 1. The molecule has 1 heterocycles. The van der Waals surface area contributed by atoms with E-state index in [1.165, 1.54) is 12.8 Å². The molecule has 1 aliphatic rings. The van der Waals surface area contributed by atoms with E-state index in [4.69, 9.17) is 0 Å². The summed E-state index contributed by atoms with van der Waals surface area (Å²) in [5.74, 6) is 0.509. The van der Waals surface area contributed by atoms with Crippen LogP contribution in [0.3, 0.4) is 0 Å². The first-order chi connectivity index (χ1) is 7.83. The fraction of sp³-hybridized carbons (Fsp3) is 0.308. The van der Waals surface area contributed by atoms with Crippen molar-refractivity contribution in [2.24, 2.45) is 0 Å². The van der Waals surface area contributed by atoms with Crippen LogP contribution in [0.15, 0.2) is 36.9 Å². The van der Waals surface area contributed by atoms with Crippen molar-refractivity contribution in [3.63, 3.8) is 0 Å². The maximum Gasteiger partial charge on any atom is 0.128 e. The standard InChI is InChI=1S/C13H13FN2/c14-13-7-11(10-1-2-10)3-4-12(13)8-16-6-5-15-9-16/h3-7,9-10H,1-2,8H2. The molecule has 0 spiro atoms. The van der Waals surface area contributed by atoms with E-state index in [0.29, 0.717) is 12.5 Å². The lowest BCUT2D eigenvalue weighted by Gasteiger charge is -2.06. The van der Waals surface area contributed by atoms with Crippen molar-refractivity contribution in [2.75, 3.05) is 0 Å². The van der Waals surface area contributed by atoms with Crippen LogP contribution >= 0.6 is 0 Å². The molecule has 1 aliphatic carbocycles. The Hall–Kier alpha value is -1.64. The second kappa shape index (κ2) is 3.74. The quantitative estimate of drug-likeness (QED) is 0.771. The fourth-order valence-electron chi connectivity index (χ4n) is 1.94. The van der Waals surface area contributed by atoms with Gasteiger partial charge < -0.3 is 4.57 Å². The van der Waals surface area contributed by atoms with Gasteiger partial charge in [-0.2, -0.15) is 0 Å². The Balaban J connectivity index is 1.84. The molecule has 16 heavy (non-hydrogen) atoms. The monoisotopic (exact) mass is 216 g/mol. The van der Waals surface area contributed by atoms with Gasteiger partial charge in [0.05, 0.1) is 12.9 Å². The lowest BCUT2D eigenvalue weighted by molar-refractivity contribution is 0.597. The molecule has 1 fully saturated rings. The molecule has 82 valence electrons. The molecule has 0 saturated heterocycles. The summed E-state index contributed by atoms with van der Waals surface area (Å²) in [6.07, 6.45) is 7.67. The summed E-state index contributed by atoms with van der Waals surface area (Å²) in [6.45, 7) is 0.552. The third kappa shape index (κ3) is 1.85. The molecule has 0 unspecified atom stereocenters. The molecule has 1 saturated carbocycles. The average Bonchev–Trinajstić information content (AvgIpc) is 3.01. The largest absolute Gasteiger partial charge is 0.333 e. The van der Waals surface area contributed by atoms with E-state index >= 15 is 0 Å². The first-order valence-electron chi connectivity index (χ1n) is 5.57. The third-order valence-corrected chi connectivity index (χ3v) is 3.04. The van der Waals surface area contributed by atoms with Crippen molar-refractivity contribution in [1.29, 1.82) is 0 Å². The number of hydrogen-bond donors (Lipinski definition) is 0. The van der Waals surface area contributed by atoms with E-state index in [1.54, 1.807) is 18.6 Å². The summed E-state index contributed by atoms with van der Waals surface area (Å²) < 4.78 is 15.7. The second-order valence-electron chi connectivity index (χ2n) is 4.36. The number of aromatic nitrogens is 2. The molecule has 3 rings (SSSR count). The Morgan fingerprint density at radius 2 is 2.25 bits per heavy atom. The highest BCUT2D eigenvalue weighted by Gasteiger charge is 2.24. The van der Waals surface area contributed by atoms with Gasteiger partial charge in [0.1, 0.15) is 5.82 Å². The Morgan fingerprint density at radius 3 is 2.88 bits per heavy atom. The van der Waals surface area contributed by atoms with Gasteiger partial charge in [-0.3, -0.25) is 0 Å². The van der Waals surface area contributed by atoms with Crippen molar-refractivity contribution in [3.8, 4) is 0 Å². The van der Waals surface area contributed by atoms with Gasteiger partial charge in [-0.1, -0.05) is 12.1 Å². The Labute approximate surface area is 93.7 Å². The molecule has 0 aliphatic heterocycles. The van der Waals surface area contributed by atoms with Gasteiger partial charge in [-0.25, -0.2) is 9.37 Å². The predicted molar refractivity (Wildman–Crippen MR) is 59.7 cm³/mol. The maximum absolute atomic E-state index is 13.8. The Bertz CT molecular complexity index is 487. The minimum absolute atomic E-state index is 0.0990. The zero-order valence-electron chi connectivity index (χ0n) is 8.94. The van der Waals surface area contributed by atoms with Crippen LogP contribution < -0.4 is 0 Å². The fourth-order valence-corrected chi connectivity index (χ4v) is 1.94. The molecular formula is C13H13FN2. The Kier molecular flexibility index (Phi) is 2.24. The Morgan fingerprint density at radius 1 is 1.38 bits per heavy atom. The molecule has 3 heteroatoms. The molecule has 2 nitrogen and oxygen atoms in total. The van der Waals surface area contributed by atoms with Crippen molar-refractivity contribution >= 4 is 0 Å². The maximum atomic E-state index is 13.8. The molecule has 0 amide bonds. The number of hydrogen-bond acceptors (Lipinski definition) is 1. The van der Waals surface area contributed by atoms with Gasteiger partial charge in [0.15, 0.2) is 0 Å². The van der Waals surface area contributed by atoms with Crippen molar-refractivity contribution in [1.82, 2.24) is 9.55 Å². The second-order valence-corrected chi connectivity index (χ2v) is 4.36. The zero-order chi connectivity index (χ0) is 11.0. The van der Waals surface area contributed by atoms with Gasteiger partial charge >= 0.3 is 0 Å². The summed E-state index contributed by atoms with van der Waals surface area (Å²) in [4.78, 5) is 3.94. The van der Waals surface area contributed by atoms with Crippen LogP contribution in [0.5, 0.6) is 0 Å². The molecule has 0 atom stereocenters. The van der Waals surface area contributed by atoms with Crippen LogP contribution in [0.2, 0.25) is 0 Å². The minimum atomic E-state index is -0.0990. The highest BCUT2D eigenvalue weighted by atomic mass is 19.1. The molecule has 0 N–H and O–H groups in total. The van der Waals surface area contributed by atoms with E-state index in [2.05, 4.69) is 4.98 Å². The van der Waals surface area contributed by atoms with E-state index < -0.39 is 0 Å². The molecule has 1 aromatic carbocycles. The lowest BCUT2D eigenvalue weighted by Crippen LogP contribution is -2.00. The van der Waals surface area contributed by atoms with Crippen LogP contribution in [0.25, 0.3) is 0 Å². The number of benzene rings is 1. The first-order valence-corrected chi connectivity index (χ1v) is 5.57. The molecule has 1 aromatic heterocycles. The SMILES string of the molecule is Fc1cc(C2CC2)ccc1Cn1ccnc1. The molecule has 0 bridgehead atoms. The van der Waals surface area contributed by atoms with E-state index in [1.807, 2.05) is 22.9 Å². The average molecular weight is 216 g/mol. The zero-order valence-corrected chi connectivity index (χ0v) is 8.94. The number of nitrogens with zero attached hydrogens (tertiary/aromatic N) is 2. The molecule has 0 radical (unpaired) electrons. The predicted octanol–water partition coefficient (Wildman–Crippen LogP) is 2.95. The van der Waals surface area contributed by atoms with Crippen LogP contribution in [0.1, 0.15) is 29.9 Å². The van der Waals surface area contributed by atoms with Crippen LogP contribution in [-0.4, -0.2) is 9.55 Å². The molecule has 2 aromatic rings. The molecular weight excluding hydrogens is 203 g/mol.